The molecule has 0 bridgehead atoms. The van der Waals surface area contributed by atoms with Gasteiger partial charge < -0.3 is 5.32 Å². The zero-order valence-electron chi connectivity index (χ0n) is 17.7. The van der Waals surface area contributed by atoms with E-state index in [0.717, 1.165) is 37.7 Å². The van der Waals surface area contributed by atoms with E-state index in [0.29, 0.717) is 24.4 Å². The molecule has 170 valence electrons. The monoisotopic (exact) mass is 449 g/mol. The average Bonchev–Trinajstić information content (AvgIpc) is 2.63. The van der Waals surface area contributed by atoms with Gasteiger partial charge in [-0.25, -0.2) is 13.1 Å². The van der Waals surface area contributed by atoms with Crippen molar-refractivity contribution in [2.75, 3.05) is 26.2 Å². The minimum atomic E-state index is -4.65. The van der Waals surface area contributed by atoms with Crippen molar-refractivity contribution >= 4 is 15.9 Å². The summed E-state index contributed by atoms with van der Waals surface area (Å²) in [6, 6.07) is 3.40. The number of benzene rings is 1. The summed E-state index contributed by atoms with van der Waals surface area (Å²) in [7, 11) is -4.25. The molecular formula is C20H30F3N3O3S. The van der Waals surface area contributed by atoms with Crippen LogP contribution in [0.25, 0.3) is 0 Å². The number of sulfonamides is 1. The second-order valence-corrected chi connectivity index (χ2v) is 10.6. The van der Waals surface area contributed by atoms with Crippen LogP contribution >= 0.6 is 0 Å². The summed E-state index contributed by atoms with van der Waals surface area (Å²) in [5.74, 6) is 0.572. The van der Waals surface area contributed by atoms with Crippen LogP contribution in [0.15, 0.2) is 29.2 Å². The van der Waals surface area contributed by atoms with E-state index < -0.39 is 39.1 Å². The standard InChI is InChI=1S/C20H30F3N3O3S/c1-14-8-15(2)12-26(11-14)19(3,4)13-24-18(27)10-25-30(28,29)17-7-5-6-16(9-17)20(21,22)23/h5-7,9,14-15,25H,8,10-13H2,1-4H3,(H,24,27). The number of halogens is 3. The predicted octanol–water partition coefficient (Wildman–Crippen LogP) is 2.86. The minimum absolute atomic E-state index is 0.307. The Morgan fingerprint density at radius 3 is 2.33 bits per heavy atom. The molecule has 1 aliphatic heterocycles. The van der Waals surface area contributed by atoms with E-state index in [9.17, 15) is 26.4 Å². The lowest BCUT2D eigenvalue weighted by Gasteiger charge is -2.45. The fourth-order valence-corrected chi connectivity index (χ4v) is 4.76. The highest BCUT2D eigenvalue weighted by atomic mass is 32.2. The maximum atomic E-state index is 12.8. The third-order valence-corrected chi connectivity index (χ3v) is 6.74. The van der Waals surface area contributed by atoms with Crippen LogP contribution in [-0.2, 0) is 21.0 Å². The molecule has 1 heterocycles. The maximum Gasteiger partial charge on any atom is 0.416 e. The van der Waals surface area contributed by atoms with Crippen LogP contribution < -0.4 is 10.0 Å². The summed E-state index contributed by atoms with van der Waals surface area (Å²) >= 11 is 0. The number of likely N-dealkylation sites (tertiary alicyclic amines) is 1. The Morgan fingerprint density at radius 1 is 1.17 bits per heavy atom. The lowest BCUT2D eigenvalue weighted by molar-refractivity contribution is -0.137. The summed E-state index contributed by atoms with van der Waals surface area (Å²) in [6.45, 7) is 10.1. The highest BCUT2D eigenvalue weighted by Gasteiger charge is 2.33. The number of hydrogen-bond acceptors (Lipinski definition) is 4. The number of nitrogens with zero attached hydrogens (tertiary/aromatic N) is 1. The molecule has 1 aromatic carbocycles. The SMILES string of the molecule is CC1CC(C)CN(C(C)(C)CNC(=O)CNS(=O)(=O)c2cccc(C(F)(F)F)c2)C1. The Hall–Kier alpha value is -1.65. The van der Waals surface area contributed by atoms with Gasteiger partial charge >= 0.3 is 6.18 Å². The van der Waals surface area contributed by atoms with Crippen molar-refractivity contribution in [1.29, 1.82) is 0 Å². The van der Waals surface area contributed by atoms with Crippen LogP contribution in [0, 0.1) is 11.8 Å². The van der Waals surface area contributed by atoms with Gasteiger partial charge in [0.05, 0.1) is 17.0 Å². The molecule has 0 aromatic heterocycles. The van der Waals surface area contributed by atoms with E-state index in [1.165, 1.54) is 0 Å². The van der Waals surface area contributed by atoms with Gasteiger partial charge in [0.15, 0.2) is 0 Å². The first kappa shape index (κ1) is 24.6. The molecular weight excluding hydrogens is 419 g/mol. The molecule has 1 fully saturated rings. The molecule has 1 aliphatic rings. The molecule has 2 unspecified atom stereocenters. The topological polar surface area (TPSA) is 78.5 Å². The van der Waals surface area contributed by atoms with E-state index in [1.807, 2.05) is 13.8 Å². The van der Waals surface area contributed by atoms with Gasteiger partial charge in [-0.3, -0.25) is 9.69 Å². The van der Waals surface area contributed by atoms with E-state index >= 15 is 0 Å². The van der Waals surface area contributed by atoms with E-state index in [1.54, 1.807) is 0 Å². The first-order chi connectivity index (χ1) is 13.7. The van der Waals surface area contributed by atoms with Gasteiger partial charge in [-0.1, -0.05) is 19.9 Å². The molecule has 1 saturated heterocycles. The summed E-state index contributed by atoms with van der Waals surface area (Å²) < 4.78 is 65.0. The van der Waals surface area contributed by atoms with Gasteiger partial charge in [-0.2, -0.15) is 13.2 Å². The maximum absolute atomic E-state index is 12.8. The third kappa shape index (κ3) is 6.68. The zero-order valence-corrected chi connectivity index (χ0v) is 18.5. The van der Waals surface area contributed by atoms with Crippen molar-refractivity contribution in [3.8, 4) is 0 Å². The number of rotatable bonds is 7. The van der Waals surface area contributed by atoms with E-state index in [2.05, 4.69) is 28.8 Å². The van der Waals surface area contributed by atoms with Crippen molar-refractivity contribution in [2.24, 2.45) is 11.8 Å². The lowest BCUT2D eigenvalue weighted by Crippen LogP contribution is -2.56. The van der Waals surface area contributed by atoms with Crippen molar-refractivity contribution < 1.29 is 26.4 Å². The van der Waals surface area contributed by atoms with Crippen LogP contribution in [0.1, 0.15) is 39.7 Å². The second-order valence-electron chi connectivity index (χ2n) is 8.79. The van der Waals surface area contributed by atoms with Gasteiger partial charge in [-0.05, 0) is 50.3 Å². The highest BCUT2D eigenvalue weighted by molar-refractivity contribution is 7.89. The van der Waals surface area contributed by atoms with Crippen LogP contribution in [0.4, 0.5) is 13.2 Å². The van der Waals surface area contributed by atoms with Gasteiger partial charge in [-0.15, -0.1) is 0 Å². The van der Waals surface area contributed by atoms with E-state index in [4.69, 9.17) is 0 Å². The number of nitrogens with one attached hydrogen (secondary N) is 2. The highest BCUT2D eigenvalue weighted by Crippen LogP contribution is 2.30. The molecule has 0 saturated carbocycles. The smallest absolute Gasteiger partial charge is 0.353 e. The molecule has 10 heteroatoms. The first-order valence-corrected chi connectivity index (χ1v) is 11.4. The van der Waals surface area contributed by atoms with Gasteiger partial charge in [0.25, 0.3) is 0 Å². The Labute approximate surface area is 176 Å². The summed E-state index contributed by atoms with van der Waals surface area (Å²) in [4.78, 5) is 13.9. The number of amides is 1. The predicted molar refractivity (Wildman–Crippen MR) is 108 cm³/mol. The molecule has 2 rings (SSSR count). The molecule has 2 N–H and O–H groups in total. The quantitative estimate of drug-likeness (QED) is 0.671. The molecule has 6 nitrogen and oxygen atoms in total. The van der Waals surface area contributed by atoms with E-state index in [-0.39, 0.29) is 5.54 Å². The normalized spacial score (nSPS) is 21.4. The van der Waals surface area contributed by atoms with Crippen LogP contribution in [0.2, 0.25) is 0 Å². The summed E-state index contributed by atoms with van der Waals surface area (Å²) in [6.07, 6.45) is -3.49. The van der Waals surface area contributed by atoms with Crippen LogP contribution in [0.5, 0.6) is 0 Å². The number of piperidine rings is 1. The van der Waals surface area contributed by atoms with Crippen LogP contribution in [-0.4, -0.2) is 50.9 Å². The molecule has 1 aromatic rings. The Balaban J connectivity index is 1.92. The summed E-state index contributed by atoms with van der Waals surface area (Å²) in [5.41, 5.74) is -1.38. The Kier molecular flexibility index (Phi) is 7.58. The molecule has 1 amide bonds. The van der Waals surface area contributed by atoms with Crippen molar-refractivity contribution in [2.45, 2.75) is 50.7 Å². The number of carbonyl (C=O) groups excluding carboxylic acids is 1. The molecule has 0 aliphatic carbocycles. The first-order valence-electron chi connectivity index (χ1n) is 9.89. The zero-order chi connectivity index (χ0) is 22.7. The second kappa shape index (κ2) is 9.23. The fraction of sp³-hybridized carbons (Fsp3) is 0.650. The van der Waals surface area contributed by atoms with Crippen LogP contribution in [0.3, 0.4) is 0 Å². The lowest BCUT2D eigenvalue weighted by atomic mass is 9.88. The van der Waals surface area contributed by atoms with Crippen molar-refractivity contribution in [3.05, 3.63) is 29.8 Å². The van der Waals surface area contributed by atoms with Gasteiger partial charge in [0.1, 0.15) is 0 Å². The number of carbonyl (C=O) groups is 1. The average molecular weight is 450 g/mol. The number of alkyl halides is 3. The molecule has 2 atom stereocenters. The molecule has 0 radical (unpaired) electrons. The van der Waals surface area contributed by atoms with Gasteiger partial charge in [0, 0.05) is 25.2 Å². The van der Waals surface area contributed by atoms with Crippen molar-refractivity contribution in [3.63, 3.8) is 0 Å². The molecule has 30 heavy (non-hydrogen) atoms. The Bertz CT molecular complexity index is 846. The molecule has 0 spiro atoms. The van der Waals surface area contributed by atoms with Crippen molar-refractivity contribution in [1.82, 2.24) is 14.9 Å². The summed E-state index contributed by atoms with van der Waals surface area (Å²) in [5, 5.41) is 2.72. The third-order valence-electron chi connectivity index (χ3n) is 5.34. The minimum Gasteiger partial charge on any atom is -0.353 e. The largest absolute Gasteiger partial charge is 0.416 e. The number of hydrogen-bond donors (Lipinski definition) is 2. The van der Waals surface area contributed by atoms with Gasteiger partial charge in [0.2, 0.25) is 15.9 Å². The fourth-order valence-electron chi connectivity index (χ4n) is 3.73. The Morgan fingerprint density at radius 2 is 1.77 bits per heavy atom.